The molecular formula is C35H33NO6. The van der Waals surface area contributed by atoms with Crippen molar-refractivity contribution in [3.05, 3.63) is 119 Å². The molecule has 0 radical (unpaired) electrons. The molecule has 1 amide bonds. The first-order valence-electron chi connectivity index (χ1n) is 13.9. The molecule has 4 aromatic rings. The predicted octanol–water partition coefficient (Wildman–Crippen LogP) is 6.84. The van der Waals surface area contributed by atoms with E-state index < -0.39 is 29.7 Å². The number of rotatable bonds is 8. The highest BCUT2D eigenvalue weighted by molar-refractivity contribution is 5.91. The molecule has 5 rings (SSSR count). The molecule has 7 nitrogen and oxygen atoms in total. The Morgan fingerprint density at radius 3 is 2.02 bits per heavy atom. The number of ether oxygens (including phenoxy) is 2. The first-order valence-corrected chi connectivity index (χ1v) is 13.9. The number of carbonyl (C=O) groups is 3. The molecule has 0 aromatic heterocycles. The van der Waals surface area contributed by atoms with Crippen LogP contribution in [-0.2, 0) is 20.7 Å². The van der Waals surface area contributed by atoms with Crippen molar-refractivity contribution in [3.63, 3.8) is 0 Å². The summed E-state index contributed by atoms with van der Waals surface area (Å²) in [4.78, 5) is 37.2. The molecule has 0 unspecified atom stereocenters. The third kappa shape index (κ3) is 6.52. The second kappa shape index (κ2) is 11.9. The minimum atomic E-state index is -1.16. The molecular weight excluding hydrogens is 530 g/mol. The van der Waals surface area contributed by atoms with Crippen LogP contribution in [0.3, 0.4) is 0 Å². The molecule has 0 saturated carbocycles. The van der Waals surface area contributed by atoms with Crippen LogP contribution < -0.4 is 5.32 Å². The van der Waals surface area contributed by atoms with Crippen LogP contribution in [0.25, 0.3) is 22.3 Å². The molecule has 214 valence electrons. The lowest BCUT2D eigenvalue weighted by Crippen LogP contribution is -2.42. The Kier molecular flexibility index (Phi) is 8.11. The minimum absolute atomic E-state index is 0.0811. The first kappa shape index (κ1) is 28.6. The van der Waals surface area contributed by atoms with E-state index in [1.807, 2.05) is 87.5 Å². The summed E-state index contributed by atoms with van der Waals surface area (Å²) in [5.74, 6) is -1.67. The number of alkyl carbamates (subject to hydrolysis) is 1. The van der Waals surface area contributed by atoms with Crippen LogP contribution in [0.1, 0.15) is 53.7 Å². The average Bonchev–Trinajstić information content (AvgIpc) is 3.29. The van der Waals surface area contributed by atoms with E-state index in [-0.39, 0.29) is 18.9 Å². The Balaban J connectivity index is 1.21. The predicted molar refractivity (Wildman–Crippen MR) is 160 cm³/mol. The van der Waals surface area contributed by atoms with Gasteiger partial charge in [0.25, 0.3) is 0 Å². The molecule has 2 N–H and O–H groups in total. The number of carboxylic acid groups (broad SMARTS) is 1. The summed E-state index contributed by atoms with van der Waals surface area (Å²) in [6, 6.07) is 29.4. The van der Waals surface area contributed by atoms with Crippen molar-refractivity contribution in [3.8, 4) is 22.3 Å². The molecule has 1 atom stereocenters. The monoisotopic (exact) mass is 563 g/mol. The van der Waals surface area contributed by atoms with Gasteiger partial charge in [0.2, 0.25) is 0 Å². The lowest BCUT2D eigenvalue weighted by atomic mass is 9.98. The lowest BCUT2D eigenvalue weighted by Gasteiger charge is -2.19. The molecule has 42 heavy (non-hydrogen) atoms. The van der Waals surface area contributed by atoms with Crippen LogP contribution in [-0.4, -0.2) is 41.4 Å². The van der Waals surface area contributed by atoms with Gasteiger partial charge in [0.05, 0.1) is 5.56 Å². The Labute approximate surface area is 245 Å². The summed E-state index contributed by atoms with van der Waals surface area (Å²) in [6.07, 6.45) is -0.697. The molecule has 1 aliphatic carbocycles. The van der Waals surface area contributed by atoms with Crippen molar-refractivity contribution >= 4 is 18.0 Å². The van der Waals surface area contributed by atoms with Gasteiger partial charge in [-0.15, -0.1) is 0 Å². The summed E-state index contributed by atoms with van der Waals surface area (Å²) >= 11 is 0. The Hall–Kier alpha value is -4.91. The largest absolute Gasteiger partial charge is 0.480 e. The van der Waals surface area contributed by atoms with E-state index in [2.05, 4.69) is 17.4 Å². The normalized spacial score (nSPS) is 13.0. The fourth-order valence-corrected chi connectivity index (χ4v) is 5.21. The van der Waals surface area contributed by atoms with Gasteiger partial charge in [-0.25, -0.2) is 14.4 Å². The molecule has 7 heteroatoms. The van der Waals surface area contributed by atoms with Crippen molar-refractivity contribution in [2.75, 3.05) is 6.61 Å². The van der Waals surface area contributed by atoms with E-state index in [0.29, 0.717) is 5.56 Å². The highest BCUT2D eigenvalue weighted by atomic mass is 16.6. The number of esters is 1. The van der Waals surface area contributed by atoms with Gasteiger partial charge in [-0.1, -0.05) is 84.9 Å². The number of fused-ring (bicyclic) bond motifs is 3. The number of carbonyl (C=O) groups excluding carboxylic acids is 2. The Morgan fingerprint density at radius 2 is 1.43 bits per heavy atom. The first-order chi connectivity index (χ1) is 20.1. The smallest absolute Gasteiger partial charge is 0.407 e. The van der Waals surface area contributed by atoms with Crippen molar-refractivity contribution < 1.29 is 29.0 Å². The van der Waals surface area contributed by atoms with Crippen LogP contribution in [0.15, 0.2) is 97.1 Å². The number of hydrogen-bond donors (Lipinski definition) is 2. The third-order valence-corrected chi connectivity index (χ3v) is 7.16. The molecule has 0 saturated heterocycles. The molecule has 0 aliphatic heterocycles. The van der Waals surface area contributed by atoms with Gasteiger partial charge in [0, 0.05) is 12.3 Å². The van der Waals surface area contributed by atoms with Gasteiger partial charge >= 0.3 is 18.0 Å². The van der Waals surface area contributed by atoms with E-state index in [9.17, 15) is 19.5 Å². The minimum Gasteiger partial charge on any atom is -0.480 e. The van der Waals surface area contributed by atoms with Gasteiger partial charge in [-0.05, 0) is 71.8 Å². The molecule has 0 fully saturated rings. The second-order valence-corrected chi connectivity index (χ2v) is 11.3. The van der Waals surface area contributed by atoms with Gasteiger partial charge in [0.1, 0.15) is 18.2 Å². The van der Waals surface area contributed by atoms with Crippen LogP contribution in [0.2, 0.25) is 0 Å². The zero-order valence-corrected chi connectivity index (χ0v) is 23.8. The highest BCUT2D eigenvalue weighted by Crippen LogP contribution is 2.44. The molecule has 0 bridgehead atoms. The topological polar surface area (TPSA) is 102 Å². The molecule has 0 spiro atoms. The number of carboxylic acids is 1. The molecule has 0 heterocycles. The van der Waals surface area contributed by atoms with Crippen LogP contribution in [0.5, 0.6) is 0 Å². The fourth-order valence-electron chi connectivity index (χ4n) is 5.21. The van der Waals surface area contributed by atoms with Crippen molar-refractivity contribution in [1.29, 1.82) is 0 Å². The van der Waals surface area contributed by atoms with Gasteiger partial charge in [0.15, 0.2) is 0 Å². The van der Waals surface area contributed by atoms with E-state index in [0.717, 1.165) is 38.9 Å². The van der Waals surface area contributed by atoms with Gasteiger partial charge in [-0.2, -0.15) is 0 Å². The zero-order chi connectivity index (χ0) is 29.9. The van der Waals surface area contributed by atoms with Crippen LogP contribution in [0.4, 0.5) is 4.79 Å². The summed E-state index contributed by atoms with van der Waals surface area (Å²) in [5.41, 5.74) is 6.67. The quantitative estimate of drug-likeness (QED) is 0.228. The Bertz CT molecular complexity index is 1570. The number of aliphatic carboxylic acids is 1. The van der Waals surface area contributed by atoms with E-state index in [4.69, 9.17) is 9.47 Å². The van der Waals surface area contributed by atoms with Gasteiger partial charge < -0.3 is 19.9 Å². The average molecular weight is 564 g/mol. The Morgan fingerprint density at radius 1 is 0.810 bits per heavy atom. The number of amides is 1. The van der Waals surface area contributed by atoms with E-state index in [1.165, 1.54) is 0 Å². The fraction of sp³-hybridized carbons (Fsp3) is 0.229. The lowest BCUT2D eigenvalue weighted by molar-refractivity contribution is -0.139. The van der Waals surface area contributed by atoms with Crippen molar-refractivity contribution in [2.24, 2.45) is 0 Å². The maximum absolute atomic E-state index is 12.7. The van der Waals surface area contributed by atoms with E-state index >= 15 is 0 Å². The van der Waals surface area contributed by atoms with E-state index in [1.54, 1.807) is 18.2 Å². The summed E-state index contributed by atoms with van der Waals surface area (Å²) in [7, 11) is 0. The molecule has 4 aromatic carbocycles. The summed E-state index contributed by atoms with van der Waals surface area (Å²) < 4.78 is 11.0. The number of hydrogen-bond acceptors (Lipinski definition) is 5. The zero-order valence-electron chi connectivity index (χ0n) is 23.8. The standard InChI is InChI=1S/C35H33NO6/c1-35(2,3)42-33(39)25-10-8-9-24(20-25)23-17-15-22(16-18-23)19-31(32(37)38)36-34(40)41-21-30-28-13-6-4-11-26(28)27-12-5-7-14-29(27)30/h4-18,20,30-31H,19,21H2,1-3H3,(H,36,40)(H,37,38)/t31-/m0/s1. The highest BCUT2D eigenvalue weighted by Gasteiger charge is 2.30. The SMILES string of the molecule is CC(C)(C)OC(=O)c1cccc(-c2ccc(C[C@H](NC(=O)OCC3c4ccccc4-c4ccccc43)C(=O)O)cc2)c1. The third-order valence-electron chi connectivity index (χ3n) is 7.16. The number of nitrogens with one attached hydrogen (secondary N) is 1. The summed E-state index contributed by atoms with van der Waals surface area (Å²) in [5, 5.41) is 12.3. The molecule has 1 aliphatic rings. The summed E-state index contributed by atoms with van der Waals surface area (Å²) in [6.45, 7) is 5.56. The maximum Gasteiger partial charge on any atom is 0.407 e. The van der Waals surface area contributed by atoms with Gasteiger partial charge in [-0.3, -0.25) is 0 Å². The maximum atomic E-state index is 12.7. The van der Waals surface area contributed by atoms with Crippen molar-refractivity contribution in [2.45, 2.75) is 44.8 Å². The second-order valence-electron chi connectivity index (χ2n) is 11.3. The number of benzene rings is 4. The van der Waals surface area contributed by atoms with Crippen LogP contribution in [0, 0.1) is 0 Å². The van der Waals surface area contributed by atoms with Crippen LogP contribution >= 0.6 is 0 Å². The van der Waals surface area contributed by atoms with Crippen molar-refractivity contribution in [1.82, 2.24) is 5.32 Å².